The van der Waals surface area contributed by atoms with E-state index in [0.717, 1.165) is 19.5 Å². The molecule has 2 amide bonds. The predicted octanol–water partition coefficient (Wildman–Crippen LogP) is -0.509. The molecule has 2 rings (SSSR count). The topological polar surface area (TPSA) is 96.7 Å². The van der Waals surface area contributed by atoms with Gasteiger partial charge in [-0.25, -0.2) is 5.84 Å². The van der Waals surface area contributed by atoms with Crippen molar-refractivity contribution in [1.29, 1.82) is 0 Å². The first-order valence-electron chi connectivity index (χ1n) is 6.92. The molecule has 1 aliphatic heterocycles. The number of benzene rings is 1. The fraction of sp³-hybridized carbons (Fsp3) is 0.429. The van der Waals surface area contributed by atoms with Gasteiger partial charge >= 0.3 is 0 Å². The third kappa shape index (κ3) is 4.73. The van der Waals surface area contributed by atoms with Gasteiger partial charge in [-0.3, -0.25) is 19.9 Å². The van der Waals surface area contributed by atoms with Crippen LogP contribution in [0.2, 0.25) is 0 Å². The number of hydrogen-bond donors (Lipinski definition) is 3. The second-order valence-electron chi connectivity index (χ2n) is 4.83. The van der Waals surface area contributed by atoms with E-state index in [1.807, 2.05) is 0 Å². The van der Waals surface area contributed by atoms with Crippen molar-refractivity contribution in [1.82, 2.24) is 15.6 Å². The molecule has 0 spiro atoms. The number of nitrogen functional groups attached to an aromatic ring is 1. The van der Waals surface area contributed by atoms with Crippen LogP contribution in [0.3, 0.4) is 0 Å². The summed E-state index contributed by atoms with van der Waals surface area (Å²) in [4.78, 5) is 24.9. The molecule has 114 valence electrons. The molecule has 0 saturated carbocycles. The summed E-state index contributed by atoms with van der Waals surface area (Å²) in [5.41, 5.74) is 2.53. The highest BCUT2D eigenvalue weighted by Crippen LogP contribution is 2.13. The first-order valence-corrected chi connectivity index (χ1v) is 6.92. The van der Waals surface area contributed by atoms with Crippen LogP contribution in [0.4, 0.5) is 0 Å². The van der Waals surface area contributed by atoms with Gasteiger partial charge in [0.05, 0.1) is 6.54 Å². The van der Waals surface area contributed by atoms with Crippen LogP contribution in [-0.4, -0.2) is 49.5 Å². The van der Waals surface area contributed by atoms with E-state index in [1.54, 1.807) is 24.3 Å². The van der Waals surface area contributed by atoms with E-state index in [-0.39, 0.29) is 11.8 Å². The lowest BCUT2D eigenvalue weighted by atomic mass is 10.2. The van der Waals surface area contributed by atoms with E-state index in [9.17, 15) is 9.59 Å². The summed E-state index contributed by atoms with van der Waals surface area (Å²) in [7, 11) is 0. The number of ether oxygens (including phenoxy) is 1. The fourth-order valence-electron chi connectivity index (χ4n) is 2.16. The first kappa shape index (κ1) is 15.3. The average Bonchev–Trinajstić information content (AvgIpc) is 2.71. The molecule has 1 saturated heterocycles. The number of nitrogens with one attached hydrogen (secondary N) is 2. The number of hydrogen-bond acceptors (Lipinski definition) is 5. The van der Waals surface area contributed by atoms with Crippen molar-refractivity contribution in [3.05, 3.63) is 29.8 Å². The van der Waals surface area contributed by atoms with Crippen LogP contribution in [0.5, 0.6) is 5.75 Å². The molecule has 0 unspecified atom stereocenters. The van der Waals surface area contributed by atoms with E-state index >= 15 is 0 Å². The van der Waals surface area contributed by atoms with Gasteiger partial charge in [-0.15, -0.1) is 0 Å². The molecule has 0 radical (unpaired) electrons. The second-order valence-corrected chi connectivity index (χ2v) is 4.83. The number of rotatable bonds is 5. The van der Waals surface area contributed by atoms with Gasteiger partial charge in [0.2, 0.25) is 5.91 Å². The molecule has 1 heterocycles. The summed E-state index contributed by atoms with van der Waals surface area (Å²) in [6.45, 7) is 3.13. The SMILES string of the molecule is NNC(=O)c1cccc(OCCN2CCCNC(=O)C2)c1. The highest BCUT2D eigenvalue weighted by atomic mass is 16.5. The maximum absolute atomic E-state index is 11.4. The van der Waals surface area contributed by atoms with E-state index in [4.69, 9.17) is 10.6 Å². The smallest absolute Gasteiger partial charge is 0.265 e. The molecule has 4 N–H and O–H groups in total. The number of nitrogens with zero attached hydrogens (tertiary/aromatic N) is 1. The van der Waals surface area contributed by atoms with E-state index < -0.39 is 0 Å². The van der Waals surface area contributed by atoms with E-state index in [1.165, 1.54) is 0 Å². The number of carbonyl (C=O) groups is 2. The Morgan fingerprint density at radius 1 is 1.48 bits per heavy atom. The van der Waals surface area contributed by atoms with Crippen molar-refractivity contribution in [2.45, 2.75) is 6.42 Å². The van der Waals surface area contributed by atoms with Crippen molar-refractivity contribution in [3.8, 4) is 5.75 Å². The summed E-state index contributed by atoms with van der Waals surface area (Å²) in [6.07, 6.45) is 0.942. The standard InChI is InChI=1S/C14H20N4O3/c15-17-14(20)11-3-1-4-12(9-11)21-8-7-18-6-2-5-16-13(19)10-18/h1,3-4,9H,2,5-8,10,15H2,(H,16,19)(H,17,20). The molecule has 0 bridgehead atoms. The molecule has 21 heavy (non-hydrogen) atoms. The van der Waals surface area contributed by atoms with E-state index in [0.29, 0.717) is 31.0 Å². The lowest BCUT2D eigenvalue weighted by Crippen LogP contribution is -2.35. The van der Waals surface area contributed by atoms with Gasteiger partial charge < -0.3 is 10.1 Å². The summed E-state index contributed by atoms with van der Waals surface area (Å²) in [5.74, 6) is 5.39. The van der Waals surface area contributed by atoms with Gasteiger partial charge in [0.1, 0.15) is 12.4 Å². The van der Waals surface area contributed by atoms with Crippen LogP contribution in [0.1, 0.15) is 16.8 Å². The molecule has 1 aromatic rings. The minimum atomic E-state index is -0.357. The minimum absolute atomic E-state index is 0.0501. The number of nitrogens with two attached hydrogens (primary N) is 1. The molecule has 1 aliphatic rings. The Hall–Kier alpha value is -2.12. The molecule has 1 fully saturated rings. The van der Waals surface area contributed by atoms with Gasteiger partial charge in [0, 0.05) is 25.2 Å². The number of carbonyl (C=O) groups excluding carboxylic acids is 2. The van der Waals surface area contributed by atoms with Crippen LogP contribution in [0.15, 0.2) is 24.3 Å². The Labute approximate surface area is 123 Å². The molecule has 0 aromatic heterocycles. The predicted molar refractivity (Wildman–Crippen MR) is 77.7 cm³/mol. The zero-order valence-corrected chi connectivity index (χ0v) is 11.8. The quantitative estimate of drug-likeness (QED) is 0.386. The van der Waals surface area contributed by atoms with Crippen LogP contribution in [0.25, 0.3) is 0 Å². The third-order valence-corrected chi connectivity index (χ3v) is 3.24. The average molecular weight is 292 g/mol. The van der Waals surface area contributed by atoms with Crippen molar-refractivity contribution in [3.63, 3.8) is 0 Å². The maximum atomic E-state index is 11.4. The number of amides is 2. The highest BCUT2D eigenvalue weighted by molar-refractivity contribution is 5.94. The Morgan fingerprint density at radius 2 is 2.33 bits per heavy atom. The monoisotopic (exact) mass is 292 g/mol. The van der Waals surface area contributed by atoms with Crippen LogP contribution in [0, 0.1) is 0 Å². The van der Waals surface area contributed by atoms with E-state index in [2.05, 4.69) is 15.6 Å². The van der Waals surface area contributed by atoms with Crippen LogP contribution < -0.4 is 21.3 Å². The molecule has 0 aliphatic carbocycles. The molecule has 0 atom stereocenters. The molecule has 7 heteroatoms. The third-order valence-electron chi connectivity index (χ3n) is 3.24. The van der Waals surface area contributed by atoms with Gasteiger partial charge in [-0.1, -0.05) is 6.07 Å². The summed E-state index contributed by atoms with van der Waals surface area (Å²) >= 11 is 0. The Balaban J connectivity index is 1.82. The Kier molecular flexibility index (Phi) is 5.53. The summed E-state index contributed by atoms with van der Waals surface area (Å²) in [5, 5.41) is 2.83. The fourth-order valence-corrected chi connectivity index (χ4v) is 2.16. The Bertz CT molecular complexity index is 507. The normalized spacial score (nSPS) is 16.0. The van der Waals surface area contributed by atoms with Crippen LogP contribution in [-0.2, 0) is 4.79 Å². The van der Waals surface area contributed by atoms with Gasteiger partial charge in [0.15, 0.2) is 0 Å². The largest absolute Gasteiger partial charge is 0.492 e. The van der Waals surface area contributed by atoms with Crippen molar-refractivity contribution >= 4 is 11.8 Å². The van der Waals surface area contributed by atoms with Gasteiger partial charge in [-0.05, 0) is 24.6 Å². The molecule has 1 aromatic carbocycles. The minimum Gasteiger partial charge on any atom is -0.492 e. The Morgan fingerprint density at radius 3 is 3.14 bits per heavy atom. The highest BCUT2D eigenvalue weighted by Gasteiger charge is 2.14. The first-order chi connectivity index (χ1) is 10.2. The maximum Gasteiger partial charge on any atom is 0.265 e. The second kappa shape index (κ2) is 7.61. The number of hydrazine groups is 1. The molecular formula is C14H20N4O3. The van der Waals surface area contributed by atoms with Gasteiger partial charge in [-0.2, -0.15) is 0 Å². The van der Waals surface area contributed by atoms with Gasteiger partial charge in [0.25, 0.3) is 5.91 Å². The summed E-state index contributed by atoms with van der Waals surface area (Å²) in [6, 6.07) is 6.81. The zero-order chi connectivity index (χ0) is 15.1. The van der Waals surface area contributed by atoms with Crippen molar-refractivity contribution in [2.75, 3.05) is 32.8 Å². The van der Waals surface area contributed by atoms with Crippen LogP contribution >= 0.6 is 0 Å². The zero-order valence-electron chi connectivity index (χ0n) is 11.8. The molecule has 7 nitrogen and oxygen atoms in total. The lowest BCUT2D eigenvalue weighted by Gasteiger charge is -2.18. The van der Waals surface area contributed by atoms with Crippen molar-refractivity contribution in [2.24, 2.45) is 5.84 Å². The van der Waals surface area contributed by atoms with Crippen molar-refractivity contribution < 1.29 is 14.3 Å². The lowest BCUT2D eigenvalue weighted by molar-refractivity contribution is -0.121. The molecular weight excluding hydrogens is 272 g/mol. The summed E-state index contributed by atoms with van der Waals surface area (Å²) < 4.78 is 5.63.